The molecule has 0 unspecified atom stereocenters. The second-order valence-corrected chi connectivity index (χ2v) is 10.8. The second kappa shape index (κ2) is 12.9. The lowest BCUT2D eigenvalue weighted by atomic mass is 10.0. The quantitative estimate of drug-likeness (QED) is 0.269. The Hall–Kier alpha value is -5.04. The van der Waals surface area contributed by atoms with E-state index < -0.39 is 35.3 Å². The molecule has 2 amide bonds. The summed E-state index contributed by atoms with van der Waals surface area (Å²) in [6.45, 7) is 1.92. The van der Waals surface area contributed by atoms with E-state index >= 15 is 4.39 Å². The number of rotatable bonds is 9. The van der Waals surface area contributed by atoms with Crippen LogP contribution in [-0.2, 0) is 13.1 Å². The summed E-state index contributed by atoms with van der Waals surface area (Å²) in [6, 6.07) is 10.5. The van der Waals surface area contributed by atoms with Gasteiger partial charge in [-0.1, -0.05) is 18.2 Å². The van der Waals surface area contributed by atoms with Gasteiger partial charge in [0.2, 0.25) is 0 Å². The van der Waals surface area contributed by atoms with Crippen molar-refractivity contribution in [2.45, 2.75) is 32.9 Å². The number of methoxy groups -OCH3 is 1. The zero-order chi connectivity index (χ0) is 32.4. The summed E-state index contributed by atoms with van der Waals surface area (Å²) in [5.41, 5.74) is -0.286. The van der Waals surface area contributed by atoms with E-state index in [1.807, 2.05) is 4.90 Å². The summed E-state index contributed by atoms with van der Waals surface area (Å²) in [6.07, 6.45) is 2.93. The molecule has 0 bridgehead atoms. The van der Waals surface area contributed by atoms with Crippen molar-refractivity contribution in [2.24, 2.45) is 0 Å². The smallest absolute Gasteiger partial charge is 0.351 e. The minimum Gasteiger partial charge on any atom is -0.494 e. The van der Waals surface area contributed by atoms with Gasteiger partial charge in [-0.25, -0.2) is 32.0 Å². The number of amides is 2. The van der Waals surface area contributed by atoms with E-state index in [0.29, 0.717) is 33.5 Å². The molecule has 2 heterocycles. The van der Waals surface area contributed by atoms with Crippen molar-refractivity contribution in [3.8, 4) is 22.6 Å². The van der Waals surface area contributed by atoms with Crippen LogP contribution in [0, 0.1) is 5.82 Å². The maximum atomic E-state index is 15.6. The van der Waals surface area contributed by atoms with Gasteiger partial charge in [-0.3, -0.25) is 9.31 Å². The average molecular weight is 623 g/mol. The lowest BCUT2D eigenvalue weighted by molar-refractivity contribution is 0.252. The van der Waals surface area contributed by atoms with Crippen molar-refractivity contribution in [1.29, 1.82) is 0 Å². The number of hydrogen-bond donors (Lipinski definition) is 2. The van der Waals surface area contributed by atoms with Gasteiger partial charge in [0.1, 0.15) is 17.2 Å². The number of anilines is 1. The third kappa shape index (κ3) is 6.03. The van der Waals surface area contributed by atoms with Crippen LogP contribution in [0.2, 0.25) is 0 Å². The lowest BCUT2D eigenvalue weighted by Gasteiger charge is -2.18. The number of halogens is 3. The Morgan fingerprint density at radius 3 is 2.44 bits per heavy atom. The number of benzene rings is 2. The van der Waals surface area contributed by atoms with Crippen LogP contribution in [0.5, 0.6) is 5.75 Å². The van der Waals surface area contributed by atoms with Gasteiger partial charge in [-0.2, -0.15) is 0 Å². The van der Waals surface area contributed by atoms with E-state index in [0.717, 1.165) is 4.68 Å². The Morgan fingerprint density at radius 1 is 1.07 bits per heavy atom. The first-order valence-electron chi connectivity index (χ1n) is 14.3. The molecule has 0 atom stereocenters. The van der Waals surface area contributed by atoms with Crippen molar-refractivity contribution < 1.29 is 22.7 Å². The molecule has 2 aromatic heterocycles. The minimum atomic E-state index is -1.00. The summed E-state index contributed by atoms with van der Waals surface area (Å²) in [7, 11) is 4.85. The number of nitrogens with one attached hydrogen (secondary N) is 2. The van der Waals surface area contributed by atoms with Crippen LogP contribution in [0.25, 0.3) is 22.3 Å². The Kier molecular flexibility index (Phi) is 9.00. The summed E-state index contributed by atoms with van der Waals surface area (Å²) < 4.78 is 53.5. The van der Waals surface area contributed by atoms with Crippen molar-refractivity contribution in [1.82, 2.24) is 24.0 Å². The normalized spacial score (nSPS) is 13.4. The number of nitrogens with zero attached hydrogens (tertiary/aromatic N) is 4. The van der Waals surface area contributed by atoms with Crippen molar-refractivity contribution in [2.75, 3.05) is 33.1 Å². The molecule has 1 aliphatic carbocycles. The highest BCUT2D eigenvalue weighted by atomic mass is 19.1. The molecule has 0 aliphatic heterocycles. The number of allylic oxidation sites excluding steroid dienone is 4. The van der Waals surface area contributed by atoms with E-state index in [2.05, 4.69) is 10.6 Å². The molecule has 10 nitrogen and oxygen atoms in total. The topological polar surface area (TPSA) is 102 Å². The average Bonchev–Trinajstić information content (AvgIpc) is 3.36. The van der Waals surface area contributed by atoms with Crippen molar-refractivity contribution in [3.05, 3.63) is 104 Å². The second-order valence-electron chi connectivity index (χ2n) is 10.8. The van der Waals surface area contributed by atoms with Crippen LogP contribution >= 0.6 is 0 Å². The van der Waals surface area contributed by atoms with Gasteiger partial charge in [0.25, 0.3) is 5.56 Å². The minimum absolute atomic E-state index is 0.0197. The molecule has 236 valence electrons. The van der Waals surface area contributed by atoms with Crippen LogP contribution in [0.15, 0.2) is 81.6 Å². The van der Waals surface area contributed by atoms with E-state index in [1.54, 1.807) is 51.5 Å². The molecule has 0 radical (unpaired) electrons. The van der Waals surface area contributed by atoms with Gasteiger partial charge in [-0.05, 0) is 63.3 Å². The number of aromatic nitrogens is 3. The molecule has 0 spiro atoms. The van der Waals surface area contributed by atoms with Gasteiger partial charge in [0.05, 0.1) is 19.3 Å². The standard InChI is InChI=1S/C32H33F3N6O4/c1-5-36-31(43)37-20-14-12-19(13-15-20)21-17-39-29(22(21)16-38(2)3)30(42)41(26-10-7-11-27(45-4)28(26)35)32(44)40(39)18-23-24(33)8-6-9-25(23)34/h7-8,10-15,17H,5-6,9,16,18H2,1-4H3,(H2,36,37,43). The first-order valence-corrected chi connectivity index (χ1v) is 14.3. The largest absolute Gasteiger partial charge is 0.494 e. The van der Waals surface area contributed by atoms with E-state index in [4.69, 9.17) is 4.74 Å². The zero-order valence-corrected chi connectivity index (χ0v) is 25.3. The molecule has 0 fully saturated rings. The number of fused-ring (bicyclic) bond motifs is 1. The van der Waals surface area contributed by atoms with Gasteiger partial charge in [0.15, 0.2) is 11.6 Å². The molecule has 13 heteroatoms. The molecule has 4 aromatic rings. The van der Waals surface area contributed by atoms with Crippen LogP contribution in [0.1, 0.15) is 25.3 Å². The van der Waals surface area contributed by atoms with Gasteiger partial charge < -0.3 is 20.3 Å². The molecule has 0 saturated carbocycles. The van der Waals surface area contributed by atoms with Crippen LogP contribution in [0.3, 0.4) is 0 Å². The Morgan fingerprint density at radius 2 is 1.80 bits per heavy atom. The SMILES string of the molecule is CCNC(=O)Nc1ccc(-c2cn3c(c2CN(C)C)c(=O)n(-c2cccc(OC)c2F)c(=O)n3CC2=C(F)CCC=C2F)cc1. The fourth-order valence-electron chi connectivity index (χ4n) is 5.37. The predicted octanol–water partition coefficient (Wildman–Crippen LogP) is 5.14. The highest BCUT2D eigenvalue weighted by molar-refractivity contribution is 5.89. The third-order valence-corrected chi connectivity index (χ3v) is 7.45. The van der Waals surface area contributed by atoms with E-state index in [1.165, 1.54) is 35.9 Å². The molecular weight excluding hydrogens is 589 g/mol. The first-order chi connectivity index (χ1) is 21.5. The molecule has 2 N–H and O–H groups in total. The Labute approximate surface area is 256 Å². The molecular formula is C32H33F3N6O4. The zero-order valence-electron chi connectivity index (χ0n) is 25.3. The number of urea groups is 1. The Bertz CT molecular complexity index is 1950. The van der Waals surface area contributed by atoms with Gasteiger partial charge in [0, 0.05) is 48.1 Å². The molecule has 45 heavy (non-hydrogen) atoms. The van der Waals surface area contributed by atoms with E-state index in [-0.39, 0.29) is 47.9 Å². The highest BCUT2D eigenvalue weighted by Gasteiger charge is 2.26. The number of carbonyl (C=O) groups is 1. The molecule has 1 aliphatic rings. The number of hydrogen-bond acceptors (Lipinski definition) is 5. The lowest BCUT2D eigenvalue weighted by Crippen LogP contribution is -2.43. The van der Waals surface area contributed by atoms with E-state index in [9.17, 15) is 23.2 Å². The first kappa shape index (κ1) is 31.4. The maximum Gasteiger partial charge on any atom is 0.351 e. The highest BCUT2D eigenvalue weighted by Crippen LogP contribution is 2.32. The fraction of sp³-hybridized carbons (Fsp3) is 0.281. The molecule has 5 rings (SSSR count). The Balaban J connectivity index is 1.81. The molecule has 2 aromatic carbocycles. The van der Waals surface area contributed by atoms with Crippen LogP contribution in [0.4, 0.5) is 23.7 Å². The van der Waals surface area contributed by atoms with Crippen molar-refractivity contribution >= 4 is 17.2 Å². The van der Waals surface area contributed by atoms with Crippen LogP contribution in [-0.4, -0.2) is 52.4 Å². The van der Waals surface area contributed by atoms with Crippen molar-refractivity contribution in [3.63, 3.8) is 0 Å². The van der Waals surface area contributed by atoms with Gasteiger partial charge in [-0.15, -0.1) is 0 Å². The third-order valence-electron chi connectivity index (χ3n) is 7.45. The van der Waals surface area contributed by atoms with Gasteiger partial charge >= 0.3 is 11.7 Å². The fourth-order valence-corrected chi connectivity index (χ4v) is 5.37. The maximum absolute atomic E-state index is 15.6. The predicted molar refractivity (Wildman–Crippen MR) is 166 cm³/mol. The summed E-state index contributed by atoms with van der Waals surface area (Å²) in [4.78, 5) is 42.1. The molecule has 0 saturated heterocycles. The summed E-state index contributed by atoms with van der Waals surface area (Å²) in [5.74, 6) is -2.65. The summed E-state index contributed by atoms with van der Waals surface area (Å²) >= 11 is 0. The monoisotopic (exact) mass is 622 g/mol. The number of ether oxygens (including phenoxy) is 1. The number of carbonyl (C=O) groups excluding carboxylic acids is 1. The summed E-state index contributed by atoms with van der Waals surface area (Å²) in [5, 5.41) is 5.38. The van der Waals surface area contributed by atoms with Crippen LogP contribution < -0.4 is 26.6 Å².